The monoisotopic (exact) mass is 357 g/mol. The number of carbonyl (C=O) groups is 2. The van der Waals surface area contributed by atoms with Gasteiger partial charge in [-0.15, -0.1) is 0 Å². The number of thioether (sulfide) groups is 1. The largest absolute Gasteiger partial charge is 0.493 e. The first-order chi connectivity index (χ1) is 12.1. The molecule has 6 heteroatoms. The molecule has 1 aromatic carbocycles. The quantitative estimate of drug-likeness (QED) is 0.827. The minimum absolute atomic E-state index is 0.208. The second kappa shape index (κ2) is 8.16. The van der Waals surface area contributed by atoms with E-state index in [9.17, 15) is 9.59 Å². The Morgan fingerprint density at radius 3 is 2.48 bits per heavy atom. The van der Waals surface area contributed by atoms with Gasteiger partial charge in [-0.2, -0.15) is 0 Å². The molecule has 0 bridgehead atoms. The Bertz CT molecular complexity index is 744. The second-order valence-corrected chi connectivity index (χ2v) is 7.08. The molecule has 0 aliphatic carbocycles. The van der Waals surface area contributed by atoms with Gasteiger partial charge in [-0.05, 0) is 36.6 Å². The third-order valence-corrected chi connectivity index (χ3v) is 5.08. The third kappa shape index (κ3) is 4.82. The summed E-state index contributed by atoms with van der Waals surface area (Å²) in [6.45, 7) is 2.72. The molecule has 1 fully saturated rings. The van der Waals surface area contributed by atoms with Crippen molar-refractivity contribution in [2.75, 3.05) is 6.61 Å². The smallest absolute Gasteiger partial charge is 0.286 e. The van der Waals surface area contributed by atoms with Crippen molar-refractivity contribution >= 4 is 22.9 Å². The molecule has 1 aliphatic rings. The zero-order valence-corrected chi connectivity index (χ0v) is 14.9. The van der Waals surface area contributed by atoms with E-state index < -0.39 is 0 Å². The van der Waals surface area contributed by atoms with Gasteiger partial charge in [0, 0.05) is 11.6 Å². The molecule has 1 unspecified atom stereocenters. The lowest BCUT2D eigenvalue weighted by Crippen LogP contribution is -2.25. The summed E-state index contributed by atoms with van der Waals surface area (Å²) < 4.78 is 5.77. The van der Waals surface area contributed by atoms with E-state index in [4.69, 9.17) is 4.74 Å². The Morgan fingerprint density at radius 2 is 1.88 bits per heavy atom. The van der Waals surface area contributed by atoms with Crippen molar-refractivity contribution in [3.05, 3.63) is 59.4 Å². The molecule has 3 rings (SSSR count). The highest BCUT2D eigenvalue weighted by molar-refractivity contribution is 8.15. The van der Waals surface area contributed by atoms with Gasteiger partial charge in [0.1, 0.15) is 5.75 Å². The fourth-order valence-electron chi connectivity index (χ4n) is 2.61. The molecule has 0 saturated carbocycles. The van der Waals surface area contributed by atoms with Crippen LogP contribution in [0.25, 0.3) is 0 Å². The molecular formula is C19H21N2O3S+. The molecule has 5 nitrogen and oxygen atoms in total. The van der Waals surface area contributed by atoms with Crippen molar-refractivity contribution < 1.29 is 19.3 Å². The van der Waals surface area contributed by atoms with Gasteiger partial charge in [-0.25, -0.2) is 4.98 Å². The van der Waals surface area contributed by atoms with Crippen molar-refractivity contribution in [1.29, 1.82) is 0 Å². The topological polar surface area (TPSA) is 69.5 Å². The van der Waals surface area contributed by atoms with E-state index in [0.29, 0.717) is 13.0 Å². The fraction of sp³-hybridized carbons (Fsp3) is 0.316. The number of rotatable bonds is 7. The van der Waals surface area contributed by atoms with Gasteiger partial charge in [0.15, 0.2) is 11.9 Å². The number of ether oxygens (including phenoxy) is 1. The van der Waals surface area contributed by atoms with Crippen molar-refractivity contribution in [3.8, 4) is 5.75 Å². The van der Waals surface area contributed by atoms with Gasteiger partial charge in [0.05, 0.1) is 18.3 Å². The van der Waals surface area contributed by atoms with Crippen LogP contribution in [0.5, 0.6) is 5.75 Å². The van der Waals surface area contributed by atoms with Crippen LogP contribution in [0, 0.1) is 0 Å². The number of aromatic amines is 1. The third-order valence-electron chi connectivity index (χ3n) is 4.10. The highest BCUT2D eigenvalue weighted by Gasteiger charge is 2.31. The van der Waals surface area contributed by atoms with Gasteiger partial charge < -0.3 is 4.74 Å². The van der Waals surface area contributed by atoms with Crippen LogP contribution >= 0.6 is 11.8 Å². The predicted octanol–water partition coefficient (Wildman–Crippen LogP) is 2.58. The lowest BCUT2D eigenvalue weighted by molar-refractivity contribution is -0.391. The van der Waals surface area contributed by atoms with Gasteiger partial charge in [0.2, 0.25) is 5.91 Å². The van der Waals surface area contributed by atoms with Crippen LogP contribution < -0.4 is 15.0 Å². The van der Waals surface area contributed by atoms with Crippen LogP contribution in [0.2, 0.25) is 0 Å². The number of carbonyl (C=O) groups excluding carboxylic acids is 2. The summed E-state index contributed by atoms with van der Waals surface area (Å²) in [5.74, 6) is 0.592. The van der Waals surface area contributed by atoms with Crippen molar-refractivity contribution in [1.82, 2.24) is 5.32 Å². The molecule has 1 saturated heterocycles. The maximum absolute atomic E-state index is 11.6. The lowest BCUT2D eigenvalue weighted by Gasteiger charge is -2.08. The number of benzene rings is 1. The lowest BCUT2D eigenvalue weighted by atomic mass is 10.1. The molecule has 2 heterocycles. The second-order valence-electron chi connectivity index (χ2n) is 5.91. The van der Waals surface area contributed by atoms with Gasteiger partial charge in [-0.1, -0.05) is 30.8 Å². The first kappa shape index (κ1) is 17.5. The molecule has 0 spiro atoms. The number of hydrogen-bond donors (Lipinski definition) is 1. The van der Waals surface area contributed by atoms with Gasteiger partial charge in [0.25, 0.3) is 5.24 Å². The first-order valence-electron chi connectivity index (χ1n) is 8.36. The Kier molecular flexibility index (Phi) is 5.71. The summed E-state index contributed by atoms with van der Waals surface area (Å²) in [6.07, 6.45) is 4.41. The normalized spacial score (nSPS) is 16.8. The summed E-state index contributed by atoms with van der Waals surface area (Å²) in [4.78, 5) is 26.1. The van der Waals surface area contributed by atoms with Crippen molar-refractivity contribution in [3.63, 3.8) is 0 Å². The summed E-state index contributed by atoms with van der Waals surface area (Å²) in [7, 11) is 0. The van der Waals surface area contributed by atoms with Crippen LogP contribution in [-0.2, 0) is 24.1 Å². The van der Waals surface area contributed by atoms with E-state index in [1.165, 1.54) is 5.56 Å². The Morgan fingerprint density at radius 1 is 1.12 bits per heavy atom. The molecule has 25 heavy (non-hydrogen) atoms. The summed E-state index contributed by atoms with van der Waals surface area (Å²) in [5, 5.41) is 1.71. The average molecular weight is 357 g/mol. The highest BCUT2D eigenvalue weighted by Crippen LogP contribution is 2.23. The molecule has 2 N–H and O–H groups in total. The van der Waals surface area contributed by atoms with E-state index in [1.54, 1.807) is 0 Å². The Labute approximate surface area is 151 Å². The zero-order valence-electron chi connectivity index (χ0n) is 14.1. The number of aromatic nitrogens is 1. The van der Waals surface area contributed by atoms with E-state index in [-0.39, 0.29) is 16.4 Å². The number of H-pyrrole nitrogens is 1. The summed E-state index contributed by atoms with van der Waals surface area (Å²) in [5.41, 5.74) is 3.44. The number of pyridine rings is 1. The van der Waals surface area contributed by atoms with Crippen molar-refractivity contribution in [2.45, 2.75) is 31.4 Å². The van der Waals surface area contributed by atoms with Crippen LogP contribution in [0.3, 0.4) is 0 Å². The Balaban J connectivity index is 1.47. The average Bonchev–Trinajstić information content (AvgIpc) is 2.94. The fourth-order valence-corrected chi connectivity index (χ4v) is 3.47. The van der Waals surface area contributed by atoms with E-state index in [0.717, 1.165) is 41.6 Å². The molecule has 2 amide bonds. The van der Waals surface area contributed by atoms with E-state index in [2.05, 4.69) is 29.4 Å². The van der Waals surface area contributed by atoms with Crippen LogP contribution in [0.1, 0.15) is 23.7 Å². The SMILES string of the molecule is CCc1ccc(CCOc2ccc(CC3SC(=O)NC3=O)cc2)[nH+]c1. The molecule has 1 aliphatic heterocycles. The molecule has 1 atom stereocenters. The molecule has 1 aromatic heterocycles. The van der Waals surface area contributed by atoms with Crippen molar-refractivity contribution in [2.24, 2.45) is 0 Å². The molecule has 0 radical (unpaired) electrons. The molecule has 130 valence electrons. The zero-order chi connectivity index (χ0) is 17.6. The van der Waals surface area contributed by atoms with Crippen LogP contribution in [-0.4, -0.2) is 23.0 Å². The minimum atomic E-state index is -0.333. The van der Waals surface area contributed by atoms with E-state index >= 15 is 0 Å². The maximum atomic E-state index is 11.6. The maximum Gasteiger partial charge on any atom is 0.286 e. The number of hydrogen-bond acceptors (Lipinski definition) is 4. The number of imide groups is 1. The number of aryl methyl sites for hydroxylation is 1. The Hall–Kier alpha value is -2.34. The minimum Gasteiger partial charge on any atom is -0.493 e. The highest BCUT2D eigenvalue weighted by atomic mass is 32.2. The van der Waals surface area contributed by atoms with Gasteiger partial charge in [-0.3, -0.25) is 14.9 Å². The predicted molar refractivity (Wildman–Crippen MR) is 96.6 cm³/mol. The standard InChI is InChI=1S/C19H20N2O3S/c1-2-13-3-6-15(20-12-13)9-10-24-16-7-4-14(5-8-16)11-17-18(22)21-19(23)25-17/h3-8,12,17H,2,9-11H2,1H3,(H,21,22,23)/p+1. The summed E-state index contributed by atoms with van der Waals surface area (Å²) >= 11 is 1.05. The first-order valence-corrected chi connectivity index (χ1v) is 9.24. The van der Waals surface area contributed by atoms with Gasteiger partial charge >= 0.3 is 0 Å². The molecular weight excluding hydrogens is 336 g/mol. The van der Waals surface area contributed by atoms with Crippen LogP contribution in [0.15, 0.2) is 42.6 Å². The van der Waals surface area contributed by atoms with E-state index in [1.807, 2.05) is 30.5 Å². The number of nitrogens with one attached hydrogen (secondary N) is 2. The molecule has 2 aromatic rings. The number of amides is 2. The van der Waals surface area contributed by atoms with Crippen LogP contribution in [0.4, 0.5) is 4.79 Å². The summed E-state index contributed by atoms with van der Waals surface area (Å²) in [6, 6.07) is 11.9.